The van der Waals surface area contributed by atoms with E-state index in [0.717, 1.165) is 17.7 Å². The number of nitrogens with two attached hydrogens (primary N) is 1. The quantitative estimate of drug-likeness (QED) is 0.390. The average molecular weight is 456 g/mol. The molecule has 0 fully saturated rings. The molecule has 0 bridgehead atoms. The number of amidine groups is 1. The van der Waals surface area contributed by atoms with E-state index in [1.54, 1.807) is 42.3 Å². The minimum atomic E-state index is -0.390. The van der Waals surface area contributed by atoms with Crippen molar-refractivity contribution in [2.75, 3.05) is 23.8 Å². The van der Waals surface area contributed by atoms with E-state index in [1.165, 1.54) is 5.56 Å². The molecule has 4 rings (SSSR count). The van der Waals surface area contributed by atoms with Crippen LogP contribution in [-0.4, -0.2) is 42.2 Å². The maximum absolute atomic E-state index is 13.2. The van der Waals surface area contributed by atoms with E-state index in [2.05, 4.69) is 17.4 Å². The molecule has 0 radical (unpaired) electrons. The van der Waals surface area contributed by atoms with E-state index in [4.69, 9.17) is 11.1 Å². The molecule has 7 heteroatoms. The van der Waals surface area contributed by atoms with Crippen LogP contribution in [0.5, 0.6) is 0 Å². The summed E-state index contributed by atoms with van der Waals surface area (Å²) in [7, 11) is 1.71. The lowest BCUT2D eigenvalue weighted by Gasteiger charge is -2.23. The first-order valence-electron chi connectivity index (χ1n) is 11.3. The normalized spacial score (nSPS) is 15.2. The number of amides is 2. The van der Waals surface area contributed by atoms with Crippen LogP contribution in [0.15, 0.2) is 72.8 Å². The second kappa shape index (κ2) is 9.79. The lowest BCUT2D eigenvalue weighted by Crippen LogP contribution is -2.39. The fourth-order valence-electron chi connectivity index (χ4n) is 4.11. The molecule has 1 heterocycles. The van der Waals surface area contributed by atoms with Crippen molar-refractivity contribution in [3.8, 4) is 0 Å². The van der Waals surface area contributed by atoms with E-state index < -0.39 is 0 Å². The number of fused-ring (bicyclic) bond motifs is 1. The van der Waals surface area contributed by atoms with Crippen LogP contribution in [0, 0.1) is 5.41 Å². The molecule has 1 aliphatic heterocycles. The Kier molecular flexibility index (Phi) is 6.63. The molecule has 1 unspecified atom stereocenters. The van der Waals surface area contributed by atoms with Crippen molar-refractivity contribution < 1.29 is 9.59 Å². The molecule has 7 nitrogen and oxygen atoms in total. The first-order valence-corrected chi connectivity index (χ1v) is 11.3. The van der Waals surface area contributed by atoms with Crippen molar-refractivity contribution in [2.45, 2.75) is 25.9 Å². The maximum Gasteiger partial charge on any atom is 0.258 e. The first kappa shape index (κ1) is 23.0. The summed E-state index contributed by atoms with van der Waals surface area (Å²) in [6, 6.07) is 22.3. The van der Waals surface area contributed by atoms with Gasteiger partial charge in [-0.2, -0.15) is 0 Å². The lowest BCUT2D eigenvalue weighted by atomic mass is 10.1. The standard InChI is InChI=1S/C27H29N5O2/c1-18-26(33)32(15-14-19-6-4-3-5-7-19)17-22-9-8-21(16-24(22)30-18)27(34)31(2)23-12-10-20(11-13-23)25(28)29/h3-13,16,18,30H,14-15,17H2,1-2H3,(H3,28,29). The molecule has 2 amide bonds. The van der Waals surface area contributed by atoms with Crippen molar-refractivity contribution in [1.82, 2.24) is 4.90 Å². The second-order valence-corrected chi connectivity index (χ2v) is 8.56. The fourth-order valence-corrected chi connectivity index (χ4v) is 4.11. The van der Waals surface area contributed by atoms with Crippen LogP contribution in [0.2, 0.25) is 0 Å². The monoisotopic (exact) mass is 455 g/mol. The number of hydrogen-bond acceptors (Lipinski definition) is 4. The van der Waals surface area contributed by atoms with Crippen LogP contribution < -0.4 is 16.0 Å². The highest BCUT2D eigenvalue weighted by molar-refractivity contribution is 6.06. The van der Waals surface area contributed by atoms with Crippen molar-refractivity contribution in [1.29, 1.82) is 5.41 Å². The van der Waals surface area contributed by atoms with Gasteiger partial charge >= 0.3 is 0 Å². The van der Waals surface area contributed by atoms with Gasteiger partial charge < -0.3 is 20.9 Å². The van der Waals surface area contributed by atoms with Gasteiger partial charge in [0.25, 0.3) is 5.91 Å². The summed E-state index contributed by atoms with van der Waals surface area (Å²) in [6.07, 6.45) is 0.790. The molecule has 1 atom stereocenters. The number of nitrogen functional groups attached to an aromatic ring is 1. The summed E-state index contributed by atoms with van der Waals surface area (Å²) >= 11 is 0. The summed E-state index contributed by atoms with van der Waals surface area (Å²) in [5, 5.41) is 10.8. The minimum absolute atomic E-state index is 0.0150. The van der Waals surface area contributed by atoms with Gasteiger partial charge in [-0.1, -0.05) is 36.4 Å². The largest absolute Gasteiger partial charge is 0.384 e. The van der Waals surface area contributed by atoms with Crippen molar-refractivity contribution in [2.24, 2.45) is 5.73 Å². The van der Waals surface area contributed by atoms with Crippen molar-refractivity contribution in [3.05, 3.63) is 95.1 Å². The number of carbonyl (C=O) groups is 2. The fraction of sp³-hybridized carbons (Fsp3) is 0.222. The summed E-state index contributed by atoms with van der Waals surface area (Å²) in [5.74, 6) is -0.133. The Morgan fingerprint density at radius 2 is 1.76 bits per heavy atom. The molecular formula is C27H29N5O2. The zero-order chi connectivity index (χ0) is 24.2. The maximum atomic E-state index is 13.2. The van der Waals surface area contributed by atoms with Crippen molar-refractivity contribution in [3.63, 3.8) is 0 Å². The summed E-state index contributed by atoms with van der Waals surface area (Å²) < 4.78 is 0. The zero-order valence-corrected chi connectivity index (χ0v) is 19.4. The van der Waals surface area contributed by atoms with E-state index in [-0.39, 0.29) is 23.7 Å². The summed E-state index contributed by atoms with van der Waals surface area (Å²) in [4.78, 5) is 29.6. The second-order valence-electron chi connectivity index (χ2n) is 8.56. The summed E-state index contributed by atoms with van der Waals surface area (Å²) in [5.41, 5.74) is 10.3. The van der Waals surface area contributed by atoms with Gasteiger partial charge in [-0.25, -0.2) is 0 Å². The highest BCUT2D eigenvalue weighted by atomic mass is 16.2. The first-order chi connectivity index (χ1) is 16.3. The Labute approximate surface area is 199 Å². The van der Waals surface area contributed by atoms with Crippen LogP contribution in [0.25, 0.3) is 0 Å². The van der Waals surface area contributed by atoms with Crippen LogP contribution in [0.3, 0.4) is 0 Å². The van der Waals surface area contributed by atoms with Gasteiger partial charge in [0.15, 0.2) is 0 Å². The van der Waals surface area contributed by atoms with Gasteiger partial charge in [0, 0.05) is 42.6 Å². The molecule has 1 aliphatic rings. The molecule has 0 aromatic heterocycles. The number of anilines is 2. The number of nitrogens with one attached hydrogen (secondary N) is 2. The molecule has 0 spiro atoms. The topological polar surface area (TPSA) is 103 Å². The van der Waals surface area contributed by atoms with E-state index >= 15 is 0 Å². The third kappa shape index (κ3) is 4.93. The highest BCUT2D eigenvalue weighted by Gasteiger charge is 2.27. The molecule has 0 saturated heterocycles. The third-order valence-electron chi connectivity index (χ3n) is 6.16. The number of rotatable bonds is 6. The third-order valence-corrected chi connectivity index (χ3v) is 6.16. The van der Waals surface area contributed by atoms with E-state index in [9.17, 15) is 9.59 Å². The van der Waals surface area contributed by atoms with Gasteiger partial charge in [-0.3, -0.25) is 15.0 Å². The van der Waals surface area contributed by atoms with Gasteiger partial charge in [0.2, 0.25) is 5.91 Å². The van der Waals surface area contributed by atoms with E-state index in [0.29, 0.717) is 29.9 Å². The predicted octanol–water partition coefficient (Wildman–Crippen LogP) is 3.63. The molecule has 3 aromatic rings. The predicted molar refractivity (Wildman–Crippen MR) is 135 cm³/mol. The van der Waals surface area contributed by atoms with E-state index in [1.807, 2.05) is 42.2 Å². The summed E-state index contributed by atoms with van der Waals surface area (Å²) in [6.45, 7) is 2.98. The molecular weight excluding hydrogens is 426 g/mol. The smallest absolute Gasteiger partial charge is 0.258 e. The Bertz CT molecular complexity index is 1210. The van der Waals surface area contributed by atoms with Gasteiger partial charge in [-0.15, -0.1) is 0 Å². The zero-order valence-electron chi connectivity index (χ0n) is 19.4. The Hall–Kier alpha value is -4.13. The molecule has 0 saturated carbocycles. The SMILES string of the molecule is CC1Nc2cc(C(=O)N(C)c3ccc(C(=N)N)cc3)ccc2CN(CCc2ccccc2)C1=O. The van der Waals surface area contributed by atoms with Crippen molar-refractivity contribution >= 4 is 29.0 Å². The van der Waals surface area contributed by atoms with Gasteiger partial charge in [0.05, 0.1) is 0 Å². The Morgan fingerprint density at radius 1 is 1.09 bits per heavy atom. The van der Waals surface area contributed by atoms with Crippen LogP contribution in [0.1, 0.15) is 34.0 Å². The molecule has 4 N–H and O–H groups in total. The Balaban J connectivity index is 1.51. The minimum Gasteiger partial charge on any atom is -0.384 e. The molecule has 34 heavy (non-hydrogen) atoms. The number of carbonyl (C=O) groups excluding carboxylic acids is 2. The Morgan fingerprint density at radius 3 is 2.44 bits per heavy atom. The van der Waals surface area contributed by atoms with Gasteiger partial charge in [0.1, 0.15) is 11.9 Å². The molecule has 0 aliphatic carbocycles. The lowest BCUT2D eigenvalue weighted by molar-refractivity contribution is -0.132. The van der Waals surface area contributed by atoms with Crippen LogP contribution in [-0.2, 0) is 17.8 Å². The average Bonchev–Trinajstić information content (AvgIpc) is 2.97. The number of hydrogen-bond donors (Lipinski definition) is 3. The molecule has 3 aromatic carbocycles. The van der Waals surface area contributed by atoms with Crippen LogP contribution >= 0.6 is 0 Å². The van der Waals surface area contributed by atoms with Gasteiger partial charge in [-0.05, 0) is 60.9 Å². The highest BCUT2D eigenvalue weighted by Crippen LogP contribution is 2.26. The number of nitrogens with zero attached hydrogens (tertiary/aromatic N) is 2. The molecule has 174 valence electrons. The van der Waals surface area contributed by atoms with Crippen LogP contribution in [0.4, 0.5) is 11.4 Å². The number of benzene rings is 3.